The first-order chi connectivity index (χ1) is 7.19. The van der Waals surface area contributed by atoms with Crippen LogP contribution in [-0.2, 0) is 0 Å². The molecule has 2 nitrogen and oxygen atoms in total. The Morgan fingerprint density at radius 2 is 2.33 bits per heavy atom. The smallest absolute Gasteiger partial charge is 0.0578 e. The lowest BCUT2D eigenvalue weighted by Gasteiger charge is -2.17. The predicted molar refractivity (Wildman–Crippen MR) is 67.8 cm³/mol. The number of nitrogens with two attached hydrogens (primary N) is 1. The monoisotopic (exact) mass is 286 g/mol. The van der Waals surface area contributed by atoms with Gasteiger partial charge in [0, 0.05) is 22.1 Å². The fraction of sp³-hybridized carbons (Fsp3) is 0.273. The predicted octanol–water partition coefficient (Wildman–Crippen LogP) is 2.33. The van der Waals surface area contributed by atoms with E-state index in [-0.39, 0.29) is 6.04 Å². The second-order valence-corrected chi connectivity index (χ2v) is 4.33. The zero-order chi connectivity index (χ0) is 11.3. The third-order valence-electron chi connectivity index (χ3n) is 2.02. The van der Waals surface area contributed by atoms with Gasteiger partial charge in [-0.15, -0.1) is 6.42 Å². The van der Waals surface area contributed by atoms with Crippen LogP contribution in [0.1, 0.15) is 11.6 Å². The van der Waals surface area contributed by atoms with Gasteiger partial charge in [0.1, 0.15) is 0 Å². The molecule has 0 spiro atoms. The van der Waals surface area contributed by atoms with Crippen molar-refractivity contribution in [2.45, 2.75) is 6.04 Å². The first-order valence-electron chi connectivity index (χ1n) is 4.51. The summed E-state index contributed by atoms with van der Waals surface area (Å²) in [5, 5.41) is 3.84. The number of benzene rings is 1. The molecule has 0 saturated carbocycles. The van der Waals surface area contributed by atoms with Crippen molar-refractivity contribution in [2.24, 2.45) is 5.73 Å². The number of rotatable bonds is 4. The average Bonchev–Trinajstić information content (AvgIpc) is 2.24. The lowest BCUT2D eigenvalue weighted by atomic mass is 10.1. The molecule has 0 bridgehead atoms. The fourth-order valence-electron chi connectivity index (χ4n) is 1.28. The second kappa shape index (κ2) is 6.14. The van der Waals surface area contributed by atoms with Crippen molar-refractivity contribution in [2.75, 3.05) is 13.1 Å². The van der Waals surface area contributed by atoms with Gasteiger partial charge in [0.25, 0.3) is 0 Å². The van der Waals surface area contributed by atoms with E-state index < -0.39 is 0 Å². The van der Waals surface area contributed by atoms with Crippen LogP contribution < -0.4 is 11.1 Å². The van der Waals surface area contributed by atoms with Crippen LogP contribution in [0.25, 0.3) is 0 Å². The maximum absolute atomic E-state index is 5.92. The van der Waals surface area contributed by atoms with Crippen LogP contribution in [0.4, 0.5) is 0 Å². The summed E-state index contributed by atoms with van der Waals surface area (Å²) >= 11 is 9.38. The molecule has 15 heavy (non-hydrogen) atoms. The molecule has 0 radical (unpaired) electrons. The van der Waals surface area contributed by atoms with Crippen molar-refractivity contribution in [3.8, 4) is 12.3 Å². The first kappa shape index (κ1) is 12.5. The van der Waals surface area contributed by atoms with Crippen LogP contribution in [0.15, 0.2) is 22.7 Å². The molecule has 1 atom stereocenters. The normalized spacial score (nSPS) is 12.1. The molecule has 0 aliphatic heterocycles. The van der Waals surface area contributed by atoms with Gasteiger partial charge in [-0.1, -0.05) is 33.5 Å². The summed E-state index contributed by atoms with van der Waals surface area (Å²) in [4.78, 5) is 0. The molecule has 1 rings (SSSR count). The summed E-state index contributed by atoms with van der Waals surface area (Å²) in [5.41, 5.74) is 6.70. The highest BCUT2D eigenvalue weighted by molar-refractivity contribution is 9.10. The molecule has 0 heterocycles. The first-order valence-corrected chi connectivity index (χ1v) is 5.68. The van der Waals surface area contributed by atoms with Gasteiger partial charge < -0.3 is 5.73 Å². The zero-order valence-electron chi connectivity index (χ0n) is 8.13. The SMILES string of the molecule is C#CCNC(CN)c1cc(Cl)ccc1Br. The lowest BCUT2D eigenvalue weighted by Crippen LogP contribution is -2.28. The minimum atomic E-state index is 0.0223. The van der Waals surface area contributed by atoms with Crippen molar-refractivity contribution in [1.82, 2.24) is 5.32 Å². The number of hydrogen-bond donors (Lipinski definition) is 2. The summed E-state index contributed by atoms with van der Waals surface area (Å²) in [6, 6.07) is 5.63. The minimum absolute atomic E-state index is 0.0223. The van der Waals surface area contributed by atoms with E-state index in [9.17, 15) is 0 Å². The van der Waals surface area contributed by atoms with E-state index >= 15 is 0 Å². The van der Waals surface area contributed by atoms with Gasteiger partial charge in [-0.3, -0.25) is 5.32 Å². The molecule has 3 N–H and O–H groups in total. The molecule has 0 saturated heterocycles. The van der Waals surface area contributed by atoms with Crippen LogP contribution in [0.2, 0.25) is 5.02 Å². The van der Waals surface area contributed by atoms with Crippen LogP contribution in [0, 0.1) is 12.3 Å². The average molecular weight is 288 g/mol. The molecule has 0 fully saturated rings. The maximum atomic E-state index is 5.92. The van der Waals surface area contributed by atoms with Crippen molar-refractivity contribution < 1.29 is 0 Å². The van der Waals surface area contributed by atoms with E-state index in [1.165, 1.54) is 0 Å². The summed E-state index contributed by atoms with van der Waals surface area (Å²) in [6.45, 7) is 0.960. The number of nitrogens with one attached hydrogen (secondary N) is 1. The number of halogens is 2. The van der Waals surface area contributed by atoms with Gasteiger partial charge in [0.2, 0.25) is 0 Å². The Morgan fingerprint density at radius 1 is 1.60 bits per heavy atom. The van der Waals surface area contributed by atoms with Crippen molar-refractivity contribution in [3.63, 3.8) is 0 Å². The molecule has 4 heteroatoms. The molecule has 80 valence electrons. The van der Waals surface area contributed by atoms with Crippen molar-refractivity contribution in [3.05, 3.63) is 33.3 Å². The molecule has 1 aromatic rings. The highest BCUT2D eigenvalue weighted by atomic mass is 79.9. The quantitative estimate of drug-likeness (QED) is 0.834. The largest absolute Gasteiger partial charge is 0.329 e. The Hall–Kier alpha value is -0.530. The molecule has 0 aromatic heterocycles. The van der Waals surface area contributed by atoms with Gasteiger partial charge in [-0.25, -0.2) is 0 Å². The highest BCUT2D eigenvalue weighted by Gasteiger charge is 2.12. The summed E-state index contributed by atoms with van der Waals surface area (Å²) < 4.78 is 0.979. The van der Waals surface area contributed by atoms with Crippen molar-refractivity contribution in [1.29, 1.82) is 0 Å². The number of terminal acetylenes is 1. The molecular formula is C11H12BrClN2. The van der Waals surface area contributed by atoms with Gasteiger partial charge >= 0.3 is 0 Å². The van der Waals surface area contributed by atoms with Crippen LogP contribution in [0.5, 0.6) is 0 Å². The van der Waals surface area contributed by atoms with E-state index in [1.54, 1.807) is 0 Å². The van der Waals surface area contributed by atoms with Crippen LogP contribution in [0.3, 0.4) is 0 Å². The lowest BCUT2D eigenvalue weighted by molar-refractivity contribution is 0.580. The summed E-state index contributed by atoms with van der Waals surface area (Å²) in [6.07, 6.45) is 5.19. The molecular weight excluding hydrogens is 275 g/mol. The Morgan fingerprint density at radius 3 is 2.93 bits per heavy atom. The van der Waals surface area contributed by atoms with Gasteiger partial charge in [-0.05, 0) is 23.8 Å². The maximum Gasteiger partial charge on any atom is 0.0578 e. The van der Waals surface area contributed by atoms with Crippen LogP contribution in [-0.4, -0.2) is 13.1 Å². The summed E-state index contributed by atoms with van der Waals surface area (Å²) in [7, 11) is 0. The highest BCUT2D eigenvalue weighted by Crippen LogP contribution is 2.26. The number of hydrogen-bond acceptors (Lipinski definition) is 2. The van der Waals surface area contributed by atoms with Crippen molar-refractivity contribution >= 4 is 27.5 Å². The van der Waals surface area contributed by atoms with E-state index in [0.717, 1.165) is 10.0 Å². The molecule has 0 aliphatic carbocycles. The van der Waals surface area contributed by atoms with Crippen LogP contribution >= 0.6 is 27.5 Å². The topological polar surface area (TPSA) is 38.0 Å². The standard InChI is InChI=1S/C11H12BrClN2/c1-2-5-15-11(7-14)9-6-8(13)3-4-10(9)12/h1,3-4,6,11,15H,5,7,14H2. The van der Waals surface area contributed by atoms with Gasteiger partial charge in [0.15, 0.2) is 0 Å². The Balaban J connectivity index is 2.91. The second-order valence-electron chi connectivity index (χ2n) is 3.04. The van der Waals surface area contributed by atoms with Gasteiger partial charge in [0.05, 0.1) is 6.54 Å². The fourth-order valence-corrected chi connectivity index (χ4v) is 1.99. The zero-order valence-corrected chi connectivity index (χ0v) is 10.5. The molecule has 0 amide bonds. The third-order valence-corrected chi connectivity index (χ3v) is 2.98. The molecule has 1 unspecified atom stereocenters. The summed E-state index contributed by atoms with van der Waals surface area (Å²) in [5.74, 6) is 2.52. The van der Waals surface area contributed by atoms with E-state index in [1.807, 2.05) is 18.2 Å². The Labute approximate surface area is 103 Å². The molecule has 1 aromatic carbocycles. The van der Waals surface area contributed by atoms with Gasteiger partial charge in [-0.2, -0.15) is 0 Å². The van der Waals surface area contributed by atoms with E-state index in [0.29, 0.717) is 18.1 Å². The van der Waals surface area contributed by atoms with E-state index in [2.05, 4.69) is 27.2 Å². The Bertz CT molecular complexity index is 373. The van der Waals surface area contributed by atoms with E-state index in [4.69, 9.17) is 23.8 Å². The minimum Gasteiger partial charge on any atom is -0.329 e. The Kier molecular flexibility index (Phi) is 5.13. The third kappa shape index (κ3) is 3.51. The molecule has 0 aliphatic rings.